The lowest BCUT2D eigenvalue weighted by molar-refractivity contribution is -0.145. The van der Waals surface area contributed by atoms with Gasteiger partial charge in [-0.15, -0.1) is 0 Å². The van der Waals surface area contributed by atoms with E-state index in [1.165, 1.54) is 0 Å². The summed E-state index contributed by atoms with van der Waals surface area (Å²) in [5, 5.41) is 0. The molecular formula is C19H26O3. The van der Waals surface area contributed by atoms with Gasteiger partial charge in [0.25, 0.3) is 0 Å². The Kier molecular flexibility index (Phi) is 8.14. The van der Waals surface area contributed by atoms with E-state index >= 15 is 0 Å². The van der Waals surface area contributed by atoms with E-state index in [0.29, 0.717) is 6.61 Å². The molecule has 3 heteroatoms. The minimum Gasteiger partial charge on any atom is -0.494 e. The minimum atomic E-state index is -0.274. The van der Waals surface area contributed by atoms with Crippen molar-refractivity contribution in [2.45, 2.75) is 46.5 Å². The zero-order valence-electron chi connectivity index (χ0n) is 14.0. The maximum absolute atomic E-state index is 12.3. The standard InChI is InChI=1S/C19H26O3/c1-5-7-8-9-14-22-19(20)18(15(3)4)16-10-12-17(13-11-16)21-6-2/h10-13,15,18H,5-7,14H2,1-4H3. The van der Waals surface area contributed by atoms with Crippen molar-refractivity contribution in [3.8, 4) is 17.6 Å². The fourth-order valence-corrected chi connectivity index (χ4v) is 2.19. The first-order valence-electron chi connectivity index (χ1n) is 7.95. The van der Waals surface area contributed by atoms with Crippen LogP contribution in [0, 0.1) is 17.8 Å². The molecule has 0 spiro atoms. The van der Waals surface area contributed by atoms with Crippen molar-refractivity contribution < 1.29 is 14.3 Å². The second-order valence-electron chi connectivity index (χ2n) is 5.44. The highest BCUT2D eigenvalue weighted by Gasteiger charge is 2.25. The number of ether oxygens (including phenoxy) is 2. The molecule has 0 aliphatic carbocycles. The third kappa shape index (κ3) is 5.81. The molecule has 1 atom stereocenters. The SMILES string of the molecule is CCCC#CCOC(=O)C(c1ccc(OCC)cc1)C(C)C. The predicted octanol–water partition coefficient (Wildman–Crippen LogP) is 4.17. The Morgan fingerprint density at radius 2 is 1.82 bits per heavy atom. The molecule has 1 aromatic carbocycles. The third-order valence-electron chi connectivity index (χ3n) is 3.26. The van der Waals surface area contributed by atoms with Crippen LogP contribution in [0.3, 0.4) is 0 Å². The van der Waals surface area contributed by atoms with Crippen molar-refractivity contribution in [3.05, 3.63) is 29.8 Å². The van der Waals surface area contributed by atoms with Crippen LogP contribution in [0.1, 0.15) is 52.0 Å². The average molecular weight is 302 g/mol. The summed E-state index contributed by atoms with van der Waals surface area (Å²) in [6.45, 7) is 8.85. The van der Waals surface area contributed by atoms with E-state index in [9.17, 15) is 4.79 Å². The molecule has 0 N–H and O–H groups in total. The summed E-state index contributed by atoms with van der Waals surface area (Å²) >= 11 is 0. The van der Waals surface area contributed by atoms with Crippen molar-refractivity contribution in [2.75, 3.05) is 13.2 Å². The highest BCUT2D eigenvalue weighted by Crippen LogP contribution is 2.27. The molecule has 120 valence electrons. The van der Waals surface area contributed by atoms with Gasteiger partial charge in [-0.25, -0.2) is 0 Å². The van der Waals surface area contributed by atoms with Crippen LogP contribution in [0.25, 0.3) is 0 Å². The Bertz CT molecular complexity index is 506. The molecule has 0 radical (unpaired) electrons. The van der Waals surface area contributed by atoms with E-state index in [1.807, 2.05) is 45.0 Å². The fraction of sp³-hybridized carbons (Fsp3) is 0.526. The summed E-state index contributed by atoms with van der Waals surface area (Å²) in [7, 11) is 0. The Morgan fingerprint density at radius 3 is 2.36 bits per heavy atom. The topological polar surface area (TPSA) is 35.5 Å². The number of carbonyl (C=O) groups is 1. The smallest absolute Gasteiger partial charge is 0.314 e. The van der Waals surface area contributed by atoms with Gasteiger partial charge in [0, 0.05) is 6.42 Å². The van der Waals surface area contributed by atoms with Gasteiger partial charge in [0.05, 0.1) is 12.5 Å². The summed E-state index contributed by atoms with van der Waals surface area (Å²) in [5.41, 5.74) is 0.949. The van der Waals surface area contributed by atoms with Gasteiger partial charge in [-0.3, -0.25) is 4.79 Å². The monoisotopic (exact) mass is 302 g/mol. The highest BCUT2D eigenvalue weighted by molar-refractivity contribution is 5.78. The van der Waals surface area contributed by atoms with Crippen molar-refractivity contribution in [2.24, 2.45) is 5.92 Å². The highest BCUT2D eigenvalue weighted by atomic mass is 16.5. The second-order valence-corrected chi connectivity index (χ2v) is 5.44. The molecule has 0 aromatic heterocycles. The quantitative estimate of drug-likeness (QED) is 0.560. The second kappa shape index (κ2) is 9.89. The lowest BCUT2D eigenvalue weighted by Gasteiger charge is -2.19. The molecule has 0 saturated carbocycles. The van der Waals surface area contributed by atoms with E-state index in [0.717, 1.165) is 24.2 Å². The van der Waals surface area contributed by atoms with Crippen LogP contribution in [-0.4, -0.2) is 19.2 Å². The molecule has 0 fully saturated rings. The molecule has 0 aliphatic heterocycles. The predicted molar refractivity (Wildman–Crippen MR) is 88.8 cm³/mol. The van der Waals surface area contributed by atoms with Gasteiger partial charge in [-0.1, -0.05) is 44.7 Å². The lowest BCUT2D eigenvalue weighted by atomic mass is 9.88. The van der Waals surface area contributed by atoms with Crippen LogP contribution in [0.5, 0.6) is 5.75 Å². The zero-order chi connectivity index (χ0) is 16.4. The van der Waals surface area contributed by atoms with Crippen molar-refractivity contribution in [1.82, 2.24) is 0 Å². The van der Waals surface area contributed by atoms with Crippen LogP contribution < -0.4 is 4.74 Å². The number of hydrogen-bond acceptors (Lipinski definition) is 3. The van der Waals surface area contributed by atoms with Gasteiger partial charge in [0.15, 0.2) is 6.61 Å². The molecule has 22 heavy (non-hydrogen) atoms. The summed E-state index contributed by atoms with van der Waals surface area (Å²) in [6.07, 6.45) is 1.85. The van der Waals surface area contributed by atoms with E-state index in [-0.39, 0.29) is 24.4 Å². The van der Waals surface area contributed by atoms with Gasteiger partial charge in [-0.2, -0.15) is 0 Å². The minimum absolute atomic E-state index is 0.161. The van der Waals surface area contributed by atoms with Gasteiger partial charge in [0.2, 0.25) is 0 Å². The molecule has 0 amide bonds. The van der Waals surface area contributed by atoms with E-state index in [2.05, 4.69) is 18.8 Å². The number of hydrogen-bond donors (Lipinski definition) is 0. The zero-order valence-corrected chi connectivity index (χ0v) is 14.0. The average Bonchev–Trinajstić information content (AvgIpc) is 2.49. The van der Waals surface area contributed by atoms with Crippen molar-refractivity contribution in [3.63, 3.8) is 0 Å². The number of esters is 1. The third-order valence-corrected chi connectivity index (χ3v) is 3.26. The van der Waals surface area contributed by atoms with Crippen molar-refractivity contribution in [1.29, 1.82) is 0 Å². The first-order valence-corrected chi connectivity index (χ1v) is 7.95. The summed E-state index contributed by atoms with van der Waals surface area (Å²) < 4.78 is 10.7. The van der Waals surface area contributed by atoms with Crippen LogP contribution in [-0.2, 0) is 9.53 Å². The Hall–Kier alpha value is -1.95. The Labute approximate surface area is 134 Å². The maximum atomic E-state index is 12.3. The van der Waals surface area contributed by atoms with E-state index in [4.69, 9.17) is 9.47 Å². The number of benzene rings is 1. The Morgan fingerprint density at radius 1 is 1.14 bits per heavy atom. The number of rotatable bonds is 7. The normalized spacial score (nSPS) is 11.5. The number of carbonyl (C=O) groups excluding carboxylic acids is 1. The maximum Gasteiger partial charge on any atom is 0.314 e. The molecule has 1 rings (SSSR count). The first-order chi connectivity index (χ1) is 10.6. The lowest BCUT2D eigenvalue weighted by Crippen LogP contribution is -2.21. The van der Waals surface area contributed by atoms with Gasteiger partial charge in [0.1, 0.15) is 5.75 Å². The van der Waals surface area contributed by atoms with Crippen LogP contribution >= 0.6 is 0 Å². The molecule has 0 heterocycles. The van der Waals surface area contributed by atoms with Gasteiger partial charge < -0.3 is 9.47 Å². The first kappa shape index (κ1) is 18.1. The Balaban J connectivity index is 2.72. The summed E-state index contributed by atoms with van der Waals surface area (Å²) in [5.74, 6) is 6.33. The van der Waals surface area contributed by atoms with Crippen LogP contribution in [0.15, 0.2) is 24.3 Å². The van der Waals surface area contributed by atoms with Gasteiger partial charge in [-0.05, 0) is 37.0 Å². The van der Waals surface area contributed by atoms with E-state index < -0.39 is 0 Å². The molecule has 0 aliphatic rings. The molecular weight excluding hydrogens is 276 g/mol. The van der Waals surface area contributed by atoms with Gasteiger partial charge >= 0.3 is 5.97 Å². The largest absolute Gasteiger partial charge is 0.494 e. The number of unbranched alkanes of at least 4 members (excludes halogenated alkanes) is 1. The molecule has 1 aromatic rings. The van der Waals surface area contributed by atoms with Crippen molar-refractivity contribution >= 4 is 5.97 Å². The molecule has 1 unspecified atom stereocenters. The van der Waals surface area contributed by atoms with E-state index in [1.54, 1.807) is 0 Å². The summed E-state index contributed by atoms with van der Waals surface area (Å²) in [6, 6.07) is 7.64. The van der Waals surface area contributed by atoms with Crippen LogP contribution in [0.2, 0.25) is 0 Å². The summed E-state index contributed by atoms with van der Waals surface area (Å²) in [4.78, 5) is 12.3. The molecule has 0 bridgehead atoms. The molecule has 3 nitrogen and oxygen atoms in total. The van der Waals surface area contributed by atoms with Crippen LogP contribution in [0.4, 0.5) is 0 Å². The fourth-order valence-electron chi connectivity index (χ4n) is 2.19. The molecule has 0 saturated heterocycles.